The van der Waals surface area contributed by atoms with Crippen LogP contribution in [0.5, 0.6) is 0 Å². The topological polar surface area (TPSA) is 35.8 Å². The normalized spacial score (nSPS) is 11.8. The summed E-state index contributed by atoms with van der Waals surface area (Å²) in [6, 6.07) is 12.0. The van der Waals surface area contributed by atoms with Crippen molar-refractivity contribution in [1.29, 1.82) is 5.26 Å². The quantitative estimate of drug-likeness (QED) is 0.689. The molecule has 0 aliphatic heterocycles. The number of hydrogen-bond acceptors (Lipinski definition) is 2. The van der Waals surface area contributed by atoms with Gasteiger partial charge in [-0.15, -0.1) is 0 Å². The molecule has 0 aromatic heterocycles. The highest BCUT2D eigenvalue weighted by molar-refractivity contribution is 9.10. The molecule has 0 radical (unpaired) electrons. The van der Waals surface area contributed by atoms with E-state index in [1.165, 1.54) is 0 Å². The summed E-state index contributed by atoms with van der Waals surface area (Å²) in [6.07, 6.45) is 0. The number of halogens is 4. The van der Waals surface area contributed by atoms with Gasteiger partial charge in [-0.25, -0.2) is 0 Å². The van der Waals surface area contributed by atoms with E-state index in [4.69, 9.17) is 34.8 Å². The maximum atomic E-state index is 9.31. The van der Waals surface area contributed by atoms with Gasteiger partial charge in [0.1, 0.15) is 6.04 Å². The zero-order chi connectivity index (χ0) is 14.7. The van der Waals surface area contributed by atoms with E-state index in [1.54, 1.807) is 36.4 Å². The number of nitrogens with one attached hydrogen (secondary N) is 1. The zero-order valence-corrected chi connectivity index (χ0v) is 13.9. The molecular weight excluding hydrogens is 382 g/mol. The third-order valence-electron chi connectivity index (χ3n) is 2.58. The van der Waals surface area contributed by atoms with Crippen molar-refractivity contribution in [3.63, 3.8) is 0 Å². The Hall–Kier alpha value is -0.920. The lowest BCUT2D eigenvalue weighted by molar-refractivity contribution is 0.998. The first-order valence-corrected chi connectivity index (χ1v) is 7.49. The largest absolute Gasteiger partial charge is 0.366 e. The van der Waals surface area contributed by atoms with Crippen LogP contribution in [-0.2, 0) is 0 Å². The molecule has 0 aliphatic carbocycles. The summed E-state index contributed by atoms with van der Waals surface area (Å²) < 4.78 is 0.755. The van der Waals surface area contributed by atoms with Crippen LogP contribution in [0.25, 0.3) is 0 Å². The summed E-state index contributed by atoms with van der Waals surface area (Å²) in [5.41, 5.74) is 1.47. The first-order chi connectivity index (χ1) is 9.49. The lowest BCUT2D eigenvalue weighted by atomic mass is 10.1. The fourth-order valence-electron chi connectivity index (χ4n) is 1.68. The summed E-state index contributed by atoms with van der Waals surface area (Å²) in [5.74, 6) is 0. The van der Waals surface area contributed by atoms with Crippen molar-refractivity contribution >= 4 is 56.4 Å². The van der Waals surface area contributed by atoms with Crippen molar-refractivity contribution in [3.05, 3.63) is 61.5 Å². The van der Waals surface area contributed by atoms with Gasteiger partial charge >= 0.3 is 0 Å². The zero-order valence-electron chi connectivity index (χ0n) is 10.0. The molecule has 1 atom stereocenters. The van der Waals surface area contributed by atoms with E-state index in [9.17, 15) is 5.26 Å². The summed E-state index contributed by atoms with van der Waals surface area (Å²) in [7, 11) is 0. The predicted molar refractivity (Wildman–Crippen MR) is 87.6 cm³/mol. The molecule has 6 heteroatoms. The van der Waals surface area contributed by atoms with Gasteiger partial charge in [0.15, 0.2) is 0 Å². The molecule has 0 bridgehead atoms. The Balaban J connectivity index is 2.29. The molecule has 1 unspecified atom stereocenters. The monoisotopic (exact) mass is 388 g/mol. The van der Waals surface area contributed by atoms with Crippen LogP contribution >= 0.6 is 50.7 Å². The van der Waals surface area contributed by atoms with Crippen molar-refractivity contribution in [1.82, 2.24) is 0 Å². The average molecular weight is 390 g/mol. The Labute approximate surface area is 140 Å². The Kier molecular flexibility index (Phi) is 5.17. The molecule has 0 heterocycles. The second-order valence-electron chi connectivity index (χ2n) is 4.04. The standard InChI is InChI=1S/C14H8BrCl3N2/c15-12-6-11(1-2-13(12)18)20-14(7-19)8-3-9(16)5-10(17)4-8/h1-6,14,20H. The molecule has 2 aromatic rings. The van der Waals surface area contributed by atoms with Gasteiger partial charge in [0.2, 0.25) is 0 Å². The fraction of sp³-hybridized carbons (Fsp3) is 0.0714. The lowest BCUT2D eigenvalue weighted by Crippen LogP contribution is -2.08. The van der Waals surface area contributed by atoms with Crippen LogP contribution in [0, 0.1) is 11.3 Å². The third kappa shape index (κ3) is 3.80. The highest BCUT2D eigenvalue weighted by atomic mass is 79.9. The van der Waals surface area contributed by atoms with E-state index in [-0.39, 0.29) is 0 Å². The van der Waals surface area contributed by atoms with E-state index in [2.05, 4.69) is 27.3 Å². The van der Waals surface area contributed by atoms with E-state index in [1.807, 2.05) is 0 Å². The van der Waals surface area contributed by atoms with E-state index >= 15 is 0 Å². The van der Waals surface area contributed by atoms with Crippen LogP contribution in [0.15, 0.2) is 40.9 Å². The minimum Gasteiger partial charge on any atom is -0.366 e. The van der Waals surface area contributed by atoms with Gasteiger partial charge in [-0.2, -0.15) is 5.26 Å². The smallest absolute Gasteiger partial charge is 0.140 e. The summed E-state index contributed by atoms with van der Waals surface area (Å²) >= 11 is 21.2. The first-order valence-electron chi connectivity index (χ1n) is 5.57. The fourth-order valence-corrected chi connectivity index (χ4v) is 2.72. The van der Waals surface area contributed by atoms with E-state index in [0.717, 1.165) is 10.2 Å². The molecule has 2 nitrogen and oxygen atoms in total. The predicted octanol–water partition coefficient (Wildman–Crippen LogP) is 6.09. The lowest BCUT2D eigenvalue weighted by Gasteiger charge is -2.14. The van der Waals surface area contributed by atoms with Crippen molar-refractivity contribution in [3.8, 4) is 6.07 Å². The molecule has 2 aromatic carbocycles. The molecule has 20 heavy (non-hydrogen) atoms. The number of anilines is 1. The van der Waals surface area contributed by atoms with Gasteiger partial charge < -0.3 is 5.32 Å². The highest BCUT2D eigenvalue weighted by Gasteiger charge is 2.12. The van der Waals surface area contributed by atoms with Crippen molar-refractivity contribution in [2.45, 2.75) is 6.04 Å². The molecule has 0 saturated carbocycles. The Morgan fingerprint density at radius 3 is 2.25 bits per heavy atom. The number of benzene rings is 2. The van der Waals surface area contributed by atoms with Crippen LogP contribution in [0.3, 0.4) is 0 Å². The average Bonchev–Trinajstić information content (AvgIpc) is 2.38. The maximum absolute atomic E-state index is 9.31. The van der Waals surface area contributed by atoms with Gasteiger partial charge in [-0.05, 0) is 57.9 Å². The van der Waals surface area contributed by atoms with E-state index < -0.39 is 6.04 Å². The Morgan fingerprint density at radius 1 is 1.05 bits per heavy atom. The van der Waals surface area contributed by atoms with E-state index in [0.29, 0.717) is 20.6 Å². The Bertz CT molecular complexity index is 662. The molecule has 0 fully saturated rings. The minimum atomic E-state index is -0.556. The van der Waals surface area contributed by atoms with Gasteiger partial charge in [-0.3, -0.25) is 0 Å². The number of nitriles is 1. The SMILES string of the molecule is N#CC(Nc1ccc(Cl)c(Br)c1)c1cc(Cl)cc(Cl)c1. The number of nitrogens with zero attached hydrogens (tertiary/aromatic N) is 1. The second kappa shape index (κ2) is 6.69. The Morgan fingerprint density at radius 2 is 1.70 bits per heavy atom. The van der Waals surface area contributed by atoms with Crippen LogP contribution in [0.4, 0.5) is 5.69 Å². The van der Waals surface area contributed by atoms with Crippen molar-refractivity contribution in [2.75, 3.05) is 5.32 Å². The summed E-state index contributed by atoms with van der Waals surface area (Å²) in [6.45, 7) is 0. The molecule has 0 amide bonds. The van der Waals surface area contributed by atoms with Crippen LogP contribution in [0.1, 0.15) is 11.6 Å². The summed E-state index contributed by atoms with van der Waals surface area (Å²) in [4.78, 5) is 0. The van der Waals surface area contributed by atoms with Gasteiger partial charge in [-0.1, -0.05) is 34.8 Å². The van der Waals surface area contributed by atoms with Crippen LogP contribution in [0.2, 0.25) is 15.1 Å². The molecule has 0 aliphatic rings. The van der Waals surface area contributed by atoms with Gasteiger partial charge in [0, 0.05) is 20.2 Å². The maximum Gasteiger partial charge on any atom is 0.140 e. The molecular formula is C14H8BrCl3N2. The number of hydrogen-bond donors (Lipinski definition) is 1. The highest BCUT2D eigenvalue weighted by Crippen LogP contribution is 2.29. The van der Waals surface area contributed by atoms with Crippen molar-refractivity contribution in [2.24, 2.45) is 0 Å². The molecule has 1 N–H and O–H groups in total. The molecule has 102 valence electrons. The molecule has 0 spiro atoms. The molecule has 2 rings (SSSR count). The van der Waals surface area contributed by atoms with Gasteiger partial charge in [0.05, 0.1) is 11.1 Å². The molecule has 0 saturated heterocycles. The first kappa shape index (κ1) is 15.5. The van der Waals surface area contributed by atoms with Crippen LogP contribution < -0.4 is 5.32 Å². The van der Waals surface area contributed by atoms with Gasteiger partial charge in [0.25, 0.3) is 0 Å². The third-order valence-corrected chi connectivity index (χ3v) is 4.23. The van der Waals surface area contributed by atoms with Crippen LogP contribution in [-0.4, -0.2) is 0 Å². The number of rotatable bonds is 3. The minimum absolute atomic E-state index is 0.492. The second-order valence-corrected chi connectivity index (χ2v) is 6.17. The van der Waals surface area contributed by atoms with Crippen molar-refractivity contribution < 1.29 is 0 Å². The summed E-state index contributed by atoms with van der Waals surface area (Å²) in [5, 5.41) is 14.0.